The van der Waals surface area contributed by atoms with Gasteiger partial charge < -0.3 is 9.84 Å². The summed E-state index contributed by atoms with van der Waals surface area (Å²) in [4.78, 5) is 12.4. The highest BCUT2D eigenvalue weighted by molar-refractivity contribution is 5.74. The van der Waals surface area contributed by atoms with Crippen LogP contribution in [0.3, 0.4) is 0 Å². The highest BCUT2D eigenvalue weighted by Gasteiger charge is 2.39. The van der Waals surface area contributed by atoms with Crippen molar-refractivity contribution >= 4 is 5.97 Å². The molecule has 2 aromatic rings. The van der Waals surface area contributed by atoms with Gasteiger partial charge in [-0.05, 0) is 31.4 Å². The Hall–Kier alpha value is -2.13. The third-order valence-corrected chi connectivity index (χ3v) is 3.89. The van der Waals surface area contributed by atoms with E-state index in [9.17, 15) is 9.90 Å². The molecule has 0 saturated carbocycles. The Bertz CT molecular complexity index is 591. The molecule has 1 unspecified atom stereocenters. The normalized spacial score (nSPS) is 14.9. The van der Waals surface area contributed by atoms with Crippen LogP contribution in [-0.4, -0.2) is 17.7 Å². The summed E-state index contributed by atoms with van der Waals surface area (Å²) in [5, 5.41) is 11.0. The molecule has 1 N–H and O–H groups in total. The second-order valence-corrected chi connectivity index (χ2v) is 5.51. The van der Waals surface area contributed by atoms with Crippen LogP contribution in [0.2, 0.25) is 0 Å². The average Bonchev–Trinajstić information content (AvgIpc) is 2.54. The number of esters is 1. The lowest BCUT2D eigenvalue weighted by Gasteiger charge is -2.32. The Kier molecular flexibility index (Phi) is 5.34. The summed E-state index contributed by atoms with van der Waals surface area (Å²) in [6.07, 6.45) is 0.432. The summed E-state index contributed by atoms with van der Waals surface area (Å²) in [6, 6.07) is 18.9. The topological polar surface area (TPSA) is 46.5 Å². The Morgan fingerprint density at radius 1 is 1.09 bits per heavy atom. The fraction of sp³-hybridized carbons (Fsp3) is 0.316. The molecule has 116 valence electrons. The molecule has 0 aliphatic heterocycles. The number of carbonyl (C=O) groups excluding carboxylic acids is 1. The second kappa shape index (κ2) is 7.23. The molecule has 0 aliphatic rings. The molecule has 0 amide bonds. The summed E-state index contributed by atoms with van der Waals surface area (Å²) >= 11 is 0. The number of hydrogen-bond acceptors (Lipinski definition) is 3. The fourth-order valence-corrected chi connectivity index (χ4v) is 2.58. The zero-order chi connectivity index (χ0) is 16.0. The molecule has 0 saturated heterocycles. The molecular formula is C19H22O3. The minimum Gasteiger partial charge on any atom is -0.466 e. The summed E-state index contributed by atoms with van der Waals surface area (Å²) in [5.74, 6) is -1.03. The zero-order valence-electron chi connectivity index (χ0n) is 13.0. The van der Waals surface area contributed by atoms with Gasteiger partial charge in [-0.25, -0.2) is 0 Å². The molecule has 22 heavy (non-hydrogen) atoms. The number of aliphatic hydroxyl groups is 1. The first-order valence-electron chi connectivity index (χ1n) is 7.54. The second-order valence-electron chi connectivity index (χ2n) is 5.51. The van der Waals surface area contributed by atoms with E-state index in [1.54, 1.807) is 13.8 Å². The Labute approximate surface area is 131 Å². The van der Waals surface area contributed by atoms with Crippen LogP contribution in [0.4, 0.5) is 0 Å². The van der Waals surface area contributed by atoms with Gasteiger partial charge in [-0.1, -0.05) is 60.7 Å². The molecule has 0 aliphatic carbocycles. The molecule has 0 spiro atoms. The summed E-state index contributed by atoms with van der Waals surface area (Å²) in [5.41, 5.74) is 0.421. The smallest absolute Gasteiger partial charge is 0.312 e. The SMILES string of the molecule is CCOC(=O)[C@H](Cc1ccccc1)C(C)(O)c1ccccc1. The number of carbonyl (C=O) groups is 1. The van der Waals surface area contributed by atoms with Gasteiger partial charge in [-0.15, -0.1) is 0 Å². The lowest BCUT2D eigenvalue weighted by atomic mass is 9.79. The van der Waals surface area contributed by atoms with E-state index < -0.39 is 11.5 Å². The van der Waals surface area contributed by atoms with Crippen molar-refractivity contribution in [1.29, 1.82) is 0 Å². The molecule has 0 radical (unpaired) electrons. The Morgan fingerprint density at radius 3 is 2.18 bits per heavy atom. The van der Waals surface area contributed by atoms with Gasteiger partial charge >= 0.3 is 5.97 Å². The van der Waals surface area contributed by atoms with Crippen LogP contribution < -0.4 is 0 Å². The van der Waals surface area contributed by atoms with Crippen LogP contribution in [0.25, 0.3) is 0 Å². The van der Waals surface area contributed by atoms with Crippen LogP contribution in [0, 0.1) is 5.92 Å². The lowest BCUT2D eigenvalue weighted by Crippen LogP contribution is -2.39. The van der Waals surface area contributed by atoms with E-state index in [1.807, 2.05) is 60.7 Å². The zero-order valence-corrected chi connectivity index (χ0v) is 13.0. The van der Waals surface area contributed by atoms with Gasteiger partial charge in [-0.2, -0.15) is 0 Å². The van der Waals surface area contributed by atoms with Crippen molar-refractivity contribution in [3.8, 4) is 0 Å². The molecular weight excluding hydrogens is 276 g/mol. The van der Waals surface area contributed by atoms with Crippen molar-refractivity contribution in [1.82, 2.24) is 0 Å². The molecule has 3 heteroatoms. The monoisotopic (exact) mass is 298 g/mol. The standard InChI is InChI=1S/C19H22O3/c1-3-22-18(20)17(14-15-10-6-4-7-11-15)19(2,21)16-12-8-5-9-13-16/h4-13,17,21H,3,14H2,1-2H3/t17-,19?/m0/s1. The van der Waals surface area contributed by atoms with Gasteiger partial charge in [0.15, 0.2) is 0 Å². The predicted molar refractivity (Wildman–Crippen MR) is 86.3 cm³/mol. The van der Waals surface area contributed by atoms with Gasteiger partial charge in [0.1, 0.15) is 5.60 Å². The number of rotatable bonds is 6. The van der Waals surface area contributed by atoms with Crippen molar-refractivity contribution < 1.29 is 14.6 Å². The maximum absolute atomic E-state index is 12.4. The maximum atomic E-state index is 12.4. The highest BCUT2D eigenvalue weighted by atomic mass is 16.5. The van der Waals surface area contributed by atoms with Crippen LogP contribution in [0.1, 0.15) is 25.0 Å². The molecule has 2 aromatic carbocycles. The summed E-state index contributed by atoms with van der Waals surface area (Å²) < 4.78 is 5.19. The van der Waals surface area contributed by atoms with Crippen LogP contribution in [0.15, 0.2) is 60.7 Å². The predicted octanol–water partition coefficient (Wildman–Crippen LogP) is 3.32. The Balaban J connectivity index is 2.33. The highest BCUT2D eigenvalue weighted by Crippen LogP contribution is 2.32. The molecule has 0 heterocycles. The third kappa shape index (κ3) is 3.74. The quantitative estimate of drug-likeness (QED) is 0.832. The van der Waals surface area contributed by atoms with Gasteiger partial charge in [-0.3, -0.25) is 4.79 Å². The van der Waals surface area contributed by atoms with Gasteiger partial charge in [0.25, 0.3) is 0 Å². The first-order chi connectivity index (χ1) is 10.6. The van der Waals surface area contributed by atoms with E-state index in [2.05, 4.69) is 0 Å². The molecule has 0 bridgehead atoms. The number of hydrogen-bond donors (Lipinski definition) is 1. The van der Waals surface area contributed by atoms with Crippen LogP contribution in [0.5, 0.6) is 0 Å². The van der Waals surface area contributed by atoms with Crippen molar-refractivity contribution in [2.75, 3.05) is 6.61 Å². The van der Waals surface area contributed by atoms with E-state index in [0.29, 0.717) is 18.6 Å². The number of benzene rings is 2. The van der Waals surface area contributed by atoms with Crippen LogP contribution in [-0.2, 0) is 21.6 Å². The summed E-state index contributed by atoms with van der Waals surface area (Å²) in [6.45, 7) is 3.75. The van der Waals surface area contributed by atoms with Gasteiger partial charge in [0.05, 0.1) is 12.5 Å². The molecule has 2 rings (SSSR count). The van der Waals surface area contributed by atoms with Gasteiger partial charge in [0, 0.05) is 0 Å². The first kappa shape index (κ1) is 16.2. The van der Waals surface area contributed by atoms with Crippen molar-refractivity contribution in [2.24, 2.45) is 5.92 Å². The van der Waals surface area contributed by atoms with E-state index in [4.69, 9.17) is 4.74 Å². The van der Waals surface area contributed by atoms with Crippen LogP contribution >= 0.6 is 0 Å². The lowest BCUT2D eigenvalue weighted by molar-refractivity contribution is -0.158. The fourth-order valence-electron chi connectivity index (χ4n) is 2.58. The average molecular weight is 298 g/mol. The number of ether oxygens (including phenoxy) is 1. The molecule has 0 aromatic heterocycles. The van der Waals surface area contributed by atoms with E-state index in [0.717, 1.165) is 5.56 Å². The minimum atomic E-state index is -1.29. The largest absolute Gasteiger partial charge is 0.466 e. The van der Waals surface area contributed by atoms with E-state index in [-0.39, 0.29) is 5.97 Å². The van der Waals surface area contributed by atoms with E-state index in [1.165, 1.54) is 0 Å². The summed E-state index contributed by atoms with van der Waals surface area (Å²) in [7, 11) is 0. The van der Waals surface area contributed by atoms with E-state index >= 15 is 0 Å². The molecule has 2 atom stereocenters. The molecule has 0 fully saturated rings. The Morgan fingerprint density at radius 2 is 1.64 bits per heavy atom. The van der Waals surface area contributed by atoms with Crippen molar-refractivity contribution in [3.63, 3.8) is 0 Å². The van der Waals surface area contributed by atoms with Gasteiger partial charge in [0.2, 0.25) is 0 Å². The maximum Gasteiger partial charge on any atom is 0.312 e. The van der Waals surface area contributed by atoms with Crippen molar-refractivity contribution in [2.45, 2.75) is 25.9 Å². The third-order valence-electron chi connectivity index (χ3n) is 3.89. The first-order valence-corrected chi connectivity index (χ1v) is 7.54. The molecule has 3 nitrogen and oxygen atoms in total. The minimum absolute atomic E-state index is 0.301. The van der Waals surface area contributed by atoms with Crippen molar-refractivity contribution in [3.05, 3.63) is 71.8 Å².